The van der Waals surface area contributed by atoms with Crippen LogP contribution < -0.4 is 0 Å². The lowest BCUT2D eigenvalue weighted by atomic mass is 10.2. The van der Waals surface area contributed by atoms with Crippen molar-refractivity contribution in [1.82, 2.24) is 24.5 Å². The number of imidazole rings is 1. The summed E-state index contributed by atoms with van der Waals surface area (Å²) in [6.07, 6.45) is -1.55. The minimum atomic E-state index is -4.55. The second-order valence-electron chi connectivity index (χ2n) is 5.20. The van der Waals surface area contributed by atoms with Gasteiger partial charge in [-0.2, -0.15) is 13.2 Å². The first-order valence-corrected chi connectivity index (χ1v) is 8.73. The molecule has 0 saturated carbocycles. The number of aryl methyl sites for hydroxylation is 1. The smallest absolute Gasteiger partial charge is 0.310 e. The van der Waals surface area contributed by atoms with Crippen LogP contribution >= 0.6 is 0 Å². The Morgan fingerprint density at radius 2 is 1.92 bits per heavy atom. The normalized spacial score (nSPS) is 12.7. The first kappa shape index (κ1) is 17.3. The van der Waals surface area contributed by atoms with Crippen molar-refractivity contribution in [2.45, 2.75) is 18.0 Å². The summed E-state index contributed by atoms with van der Waals surface area (Å²) < 4.78 is 64.4. The van der Waals surface area contributed by atoms with Gasteiger partial charge < -0.3 is 4.57 Å². The molecule has 0 saturated heterocycles. The Balaban J connectivity index is 2.26. The lowest BCUT2D eigenvalue weighted by molar-refractivity contribution is -0.137. The molecule has 3 aromatic rings. The average Bonchev–Trinajstić information content (AvgIpc) is 2.90. The van der Waals surface area contributed by atoms with E-state index < -0.39 is 21.6 Å². The van der Waals surface area contributed by atoms with Crippen molar-refractivity contribution in [3.8, 4) is 11.5 Å². The van der Waals surface area contributed by atoms with Crippen molar-refractivity contribution in [2.24, 2.45) is 7.05 Å². The maximum atomic E-state index is 12.8. The molecule has 0 radical (unpaired) electrons. The van der Waals surface area contributed by atoms with Gasteiger partial charge in [0.15, 0.2) is 21.3 Å². The van der Waals surface area contributed by atoms with E-state index in [1.54, 1.807) is 0 Å². The van der Waals surface area contributed by atoms with E-state index in [9.17, 15) is 21.6 Å². The number of sulfone groups is 1. The van der Waals surface area contributed by atoms with Crippen LogP contribution in [0.15, 0.2) is 29.7 Å². The fourth-order valence-electron chi connectivity index (χ4n) is 2.31. The Morgan fingerprint density at radius 1 is 1.20 bits per heavy atom. The quantitative estimate of drug-likeness (QED) is 0.701. The summed E-state index contributed by atoms with van der Waals surface area (Å²) in [7, 11) is -2.12. The number of nitrogens with zero attached hydrogens (tertiary/aromatic N) is 5. The highest BCUT2D eigenvalue weighted by Crippen LogP contribution is 2.32. The van der Waals surface area contributed by atoms with Crippen LogP contribution in [-0.4, -0.2) is 38.7 Å². The van der Waals surface area contributed by atoms with Gasteiger partial charge in [-0.05, 0) is 6.07 Å². The second kappa shape index (κ2) is 5.76. The number of fused-ring (bicyclic) bond motifs is 1. The van der Waals surface area contributed by atoms with Gasteiger partial charge in [-0.25, -0.2) is 28.4 Å². The molecule has 0 amide bonds. The van der Waals surface area contributed by atoms with E-state index in [-0.39, 0.29) is 33.3 Å². The monoisotopic (exact) mass is 371 g/mol. The molecule has 132 valence electrons. The zero-order valence-corrected chi connectivity index (χ0v) is 13.9. The van der Waals surface area contributed by atoms with Gasteiger partial charge in [-0.1, -0.05) is 6.92 Å². The van der Waals surface area contributed by atoms with Gasteiger partial charge in [0, 0.05) is 19.4 Å². The number of alkyl halides is 3. The van der Waals surface area contributed by atoms with E-state index in [0.29, 0.717) is 6.20 Å². The van der Waals surface area contributed by atoms with Crippen LogP contribution in [0.25, 0.3) is 22.7 Å². The Kier molecular flexibility index (Phi) is 3.98. The summed E-state index contributed by atoms with van der Waals surface area (Å²) in [4.78, 5) is 15.5. The van der Waals surface area contributed by atoms with Gasteiger partial charge in [0.05, 0.1) is 11.3 Å². The largest absolute Gasteiger partial charge is 0.417 e. The Bertz CT molecular complexity index is 1060. The molecule has 0 N–H and O–H groups in total. The molecule has 0 atom stereocenters. The van der Waals surface area contributed by atoms with Crippen LogP contribution in [0.2, 0.25) is 0 Å². The van der Waals surface area contributed by atoms with Gasteiger partial charge in [0.1, 0.15) is 22.4 Å². The summed E-state index contributed by atoms with van der Waals surface area (Å²) in [5.74, 6) is -0.0791. The number of pyridine rings is 1. The van der Waals surface area contributed by atoms with Crippen LogP contribution in [0, 0.1) is 0 Å². The summed E-state index contributed by atoms with van der Waals surface area (Å²) in [5, 5.41) is 0. The first-order valence-electron chi connectivity index (χ1n) is 7.08. The van der Waals surface area contributed by atoms with Crippen LogP contribution in [0.4, 0.5) is 13.2 Å². The van der Waals surface area contributed by atoms with Gasteiger partial charge in [0.2, 0.25) is 0 Å². The van der Waals surface area contributed by atoms with Crippen LogP contribution in [0.1, 0.15) is 12.5 Å². The molecule has 11 heteroatoms. The van der Waals surface area contributed by atoms with Gasteiger partial charge in [-0.3, -0.25) is 0 Å². The highest BCUT2D eigenvalue weighted by Gasteiger charge is 2.32. The number of rotatable bonds is 3. The van der Waals surface area contributed by atoms with Crippen molar-refractivity contribution < 1.29 is 21.6 Å². The maximum absolute atomic E-state index is 12.8. The molecule has 0 unspecified atom stereocenters. The lowest BCUT2D eigenvalue weighted by Crippen LogP contribution is -2.09. The van der Waals surface area contributed by atoms with Crippen molar-refractivity contribution >= 4 is 21.0 Å². The van der Waals surface area contributed by atoms with E-state index >= 15 is 0 Å². The topological polar surface area (TPSA) is 90.6 Å². The SMILES string of the molecule is CCS(=O)(=O)c1cncnc1-c1nc2cc(C(F)(F)F)cnc2n1C. The Morgan fingerprint density at radius 3 is 2.56 bits per heavy atom. The third kappa shape index (κ3) is 2.95. The third-order valence-corrected chi connectivity index (χ3v) is 5.37. The molecule has 7 nitrogen and oxygen atoms in total. The van der Waals surface area contributed by atoms with E-state index in [0.717, 1.165) is 18.6 Å². The van der Waals surface area contributed by atoms with Gasteiger partial charge in [-0.15, -0.1) is 0 Å². The molecule has 3 aromatic heterocycles. The molecular weight excluding hydrogens is 359 g/mol. The van der Waals surface area contributed by atoms with Crippen molar-refractivity contribution in [3.05, 3.63) is 30.4 Å². The van der Waals surface area contributed by atoms with Crippen molar-refractivity contribution in [3.63, 3.8) is 0 Å². The zero-order valence-electron chi connectivity index (χ0n) is 13.1. The molecule has 0 bridgehead atoms. The molecule has 0 aliphatic rings. The predicted octanol–water partition coefficient (Wildman–Crippen LogP) is 2.24. The highest BCUT2D eigenvalue weighted by molar-refractivity contribution is 7.91. The summed E-state index contributed by atoms with van der Waals surface area (Å²) >= 11 is 0. The highest BCUT2D eigenvalue weighted by atomic mass is 32.2. The maximum Gasteiger partial charge on any atom is 0.417 e. The van der Waals surface area contributed by atoms with Gasteiger partial charge in [0.25, 0.3) is 0 Å². The molecular formula is C14H12F3N5O2S. The minimum absolute atomic E-state index is 0.00853. The van der Waals surface area contributed by atoms with Crippen molar-refractivity contribution in [2.75, 3.05) is 5.75 Å². The third-order valence-electron chi connectivity index (χ3n) is 3.64. The molecule has 0 fully saturated rings. The van der Waals surface area contributed by atoms with E-state index in [1.807, 2.05) is 0 Å². The zero-order chi connectivity index (χ0) is 18.4. The summed E-state index contributed by atoms with van der Waals surface area (Å²) in [6, 6.07) is 0.862. The second-order valence-corrected chi connectivity index (χ2v) is 7.44. The van der Waals surface area contributed by atoms with E-state index in [2.05, 4.69) is 19.9 Å². The molecule has 0 aliphatic heterocycles. The lowest BCUT2D eigenvalue weighted by Gasteiger charge is -2.07. The molecule has 0 aliphatic carbocycles. The summed E-state index contributed by atoms with van der Waals surface area (Å²) in [5.41, 5.74) is -0.744. The fraction of sp³-hybridized carbons (Fsp3) is 0.286. The average molecular weight is 371 g/mol. The standard InChI is InChI=1S/C14H12F3N5O2S/c1-3-25(23,24)10-6-18-7-20-11(10)13-21-9-4-8(14(15,16)17)5-19-12(9)22(13)2/h4-7H,3H2,1-2H3. The fourth-order valence-corrected chi connectivity index (χ4v) is 3.28. The molecule has 25 heavy (non-hydrogen) atoms. The first-order chi connectivity index (χ1) is 11.6. The Labute approximate surface area is 140 Å². The number of hydrogen-bond donors (Lipinski definition) is 0. The van der Waals surface area contributed by atoms with Crippen LogP contribution in [0.5, 0.6) is 0 Å². The van der Waals surface area contributed by atoms with Gasteiger partial charge >= 0.3 is 6.18 Å². The van der Waals surface area contributed by atoms with Crippen LogP contribution in [0.3, 0.4) is 0 Å². The predicted molar refractivity (Wildman–Crippen MR) is 82.3 cm³/mol. The molecule has 0 spiro atoms. The molecule has 3 rings (SSSR count). The molecule has 3 heterocycles. The van der Waals surface area contributed by atoms with E-state index in [4.69, 9.17) is 0 Å². The van der Waals surface area contributed by atoms with Crippen LogP contribution in [-0.2, 0) is 23.1 Å². The van der Waals surface area contributed by atoms with E-state index in [1.165, 1.54) is 18.5 Å². The summed E-state index contributed by atoms with van der Waals surface area (Å²) in [6.45, 7) is 1.47. The minimum Gasteiger partial charge on any atom is -0.310 e. The number of halogens is 3. The molecule has 0 aromatic carbocycles. The number of aromatic nitrogens is 5. The number of hydrogen-bond acceptors (Lipinski definition) is 6. The Hall–Kier alpha value is -2.56. The van der Waals surface area contributed by atoms with Crippen molar-refractivity contribution in [1.29, 1.82) is 0 Å².